The molecule has 2 N–H and O–H groups in total. The first-order valence-corrected chi connectivity index (χ1v) is 5.63. The van der Waals surface area contributed by atoms with Crippen LogP contribution in [0.2, 0.25) is 0 Å². The fourth-order valence-electron chi connectivity index (χ4n) is 1.65. The predicted molar refractivity (Wildman–Crippen MR) is 60.7 cm³/mol. The van der Waals surface area contributed by atoms with E-state index in [1.54, 1.807) is 12.5 Å². The van der Waals surface area contributed by atoms with Crippen molar-refractivity contribution in [1.29, 1.82) is 0 Å². The van der Waals surface area contributed by atoms with Crippen LogP contribution in [-0.2, 0) is 10.3 Å². The molecule has 0 amide bonds. The number of rotatable bonds is 1. The van der Waals surface area contributed by atoms with Crippen molar-refractivity contribution in [2.75, 3.05) is 13.2 Å². The Labute approximate surface area is 96.4 Å². The molecular weight excluding hydrogens is 293 g/mol. The second-order valence-electron chi connectivity index (χ2n) is 3.49. The fraction of sp³-hybridized carbons (Fsp3) is 0.556. The lowest BCUT2D eigenvalue weighted by Crippen LogP contribution is -2.43. The summed E-state index contributed by atoms with van der Waals surface area (Å²) in [7, 11) is 0. The third-order valence-electron chi connectivity index (χ3n) is 2.52. The molecule has 2 heterocycles. The molecule has 1 fully saturated rings. The van der Waals surface area contributed by atoms with Crippen LogP contribution in [0.5, 0.6) is 0 Å². The minimum Gasteiger partial charge on any atom is -0.381 e. The van der Waals surface area contributed by atoms with Crippen LogP contribution in [0.4, 0.5) is 0 Å². The first kappa shape index (κ1) is 10.3. The van der Waals surface area contributed by atoms with Gasteiger partial charge in [-0.15, -0.1) is 0 Å². The van der Waals surface area contributed by atoms with Crippen molar-refractivity contribution in [2.45, 2.75) is 18.4 Å². The van der Waals surface area contributed by atoms with Gasteiger partial charge in [-0.3, -0.25) is 0 Å². The number of hydrogen-bond acceptors (Lipinski definition) is 4. The maximum atomic E-state index is 6.31. The molecule has 0 aliphatic carbocycles. The molecule has 5 heteroatoms. The van der Waals surface area contributed by atoms with Crippen LogP contribution in [0, 0.1) is 3.57 Å². The number of nitrogens with zero attached hydrogens (tertiary/aromatic N) is 2. The molecule has 14 heavy (non-hydrogen) atoms. The van der Waals surface area contributed by atoms with E-state index in [1.807, 2.05) is 0 Å². The second kappa shape index (κ2) is 4.08. The number of aromatic nitrogens is 2. The van der Waals surface area contributed by atoms with Crippen LogP contribution in [0.15, 0.2) is 12.5 Å². The number of ether oxygens (including phenoxy) is 1. The molecule has 76 valence electrons. The Kier molecular flexibility index (Phi) is 2.99. The lowest BCUT2D eigenvalue weighted by Gasteiger charge is -2.33. The van der Waals surface area contributed by atoms with Gasteiger partial charge < -0.3 is 10.5 Å². The molecular formula is C9H12IN3O. The summed E-state index contributed by atoms with van der Waals surface area (Å²) in [6.07, 6.45) is 5.02. The van der Waals surface area contributed by atoms with E-state index in [9.17, 15) is 0 Å². The van der Waals surface area contributed by atoms with Crippen LogP contribution in [-0.4, -0.2) is 23.2 Å². The van der Waals surface area contributed by atoms with Crippen molar-refractivity contribution in [1.82, 2.24) is 9.97 Å². The Balaban J connectivity index is 2.32. The predicted octanol–water partition coefficient (Wildman–Crippen LogP) is 1.05. The van der Waals surface area contributed by atoms with Gasteiger partial charge in [-0.05, 0) is 35.4 Å². The fourth-order valence-corrected chi connectivity index (χ4v) is 2.49. The van der Waals surface area contributed by atoms with Crippen molar-refractivity contribution in [3.8, 4) is 0 Å². The maximum absolute atomic E-state index is 6.31. The molecule has 1 aromatic heterocycles. The third-order valence-corrected chi connectivity index (χ3v) is 3.31. The maximum Gasteiger partial charge on any atom is 0.115 e. The highest BCUT2D eigenvalue weighted by Gasteiger charge is 2.32. The zero-order valence-electron chi connectivity index (χ0n) is 7.74. The van der Waals surface area contributed by atoms with E-state index in [-0.39, 0.29) is 5.54 Å². The van der Waals surface area contributed by atoms with Crippen LogP contribution < -0.4 is 5.73 Å². The molecule has 0 atom stereocenters. The summed E-state index contributed by atoms with van der Waals surface area (Å²) in [6, 6.07) is 0. The van der Waals surface area contributed by atoms with E-state index < -0.39 is 0 Å². The van der Waals surface area contributed by atoms with Gasteiger partial charge in [-0.25, -0.2) is 9.97 Å². The van der Waals surface area contributed by atoms with Crippen LogP contribution in [0.1, 0.15) is 18.5 Å². The Morgan fingerprint density at radius 2 is 2.14 bits per heavy atom. The highest BCUT2D eigenvalue weighted by Crippen LogP contribution is 2.30. The van der Waals surface area contributed by atoms with Crippen LogP contribution in [0.25, 0.3) is 0 Å². The van der Waals surface area contributed by atoms with Gasteiger partial charge in [0.2, 0.25) is 0 Å². The van der Waals surface area contributed by atoms with Crippen molar-refractivity contribution in [3.05, 3.63) is 21.8 Å². The zero-order chi connectivity index (χ0) is 10.0. The third kappa shape index (κ3) is 1.89. The van der Waals surface area contributed by atoms with Gasteiger partial charge in [0.05, 0.1) is 14.8 Å². The van der Waals surface area contributed by atoms with Gasteiger partial charge in [0, 0.05) is 19.4 Å². The van der Waals surface area contributed by atoms with Gasteiger partial charge in [0.25, 0.3) is 0 Å². The second-order valence-corrected chi connectivity index (χ2v) is 4.65. The van der Waals surface area contributed by atoms with Crippen LogP contribution >= 0.6 is 22.6 Å². The Hall–Kier alpha value is -0.270. The van der Waals surface area contributed by atoms with Crippen molar-refractivity contribution in [2.24, 2.45) is 5.73 Å². The Morgan fingerprint density at radius 3 is 2.79 bits per heavy atom. The van der Waals surface area contributed by atoms with E-state index in [0.717, 1.165) is 35.3 Å². The summed E-state index contributed by atoms with van der Waals surface area (Å²) in [5, 5.41) is 0. The van der Waals surface area contributed by atoms with Gasteiger partial charge >= 0.3 is 0 Å². The number of nitrogens with two attached hydrogens (primary N) is 1. The standard InChI is InChI=1S/C9H12IN3O/c10-7-5-12-6-13-8(7)9(11)1-3-14-4-2-9/h5-6H,1-4,11H2. The SMILES string of the molecule is NC1(c2ncncc2I)CCOCC1. The van der Waals surface area contributed by atoms with E-state index in [4.69, 9.17) is 10.5 Å². The van der Waals surface area contributed by atoms with Gasteiger partial charge in [0.1, 0.15) is 6.33 Å². The minimum absolute atomic E-state index is 0.322. The largest absolute Gasteiger partial charge is 0.381 e. The van der Waals surface area contributed by atoms with E-state index >= 15 is 0 Å². The minimum atomic E-state index is -0.322. The van der Waals surface area contributed by atoms with Gasteiger partial charge in [-0.2, -0.15) is 0 Å². The average Bonchev–Trinajstić information content (AvgIpc) is 2.19. The Morgan fingerprint density at radius 1 is 1.43 bits per heavy atom. The normalized spacial score (nSPS) is 20.7. The van der Waals surface area contributed by atoms with Crippen LogP contribution in [0.3, 0.4) is 0 Å². The molecule has 1 aliphatic rings. The molecule has 0 unspecified atom stereocenters. The van der Waals surface area contributed by atoms with Crippen molar-refractivity contribution in [3.63, 3.8) is 0 Å². The van der Waals surface area contributed by atoms with Gasteiger partial charge in [-0.1, -0.05) is 0 Å². The highest BCUT2D eigenvalue weighted by atomic mass is 127. The summed E-state index contributed by atoms with van der Waals surface area (Å²) in [5.41, 5.74) is 6.94. The van der Waals surface area contributed by atoms with E-state index in [0.29, 0.717) is 0 Å². The summed E-state index contributed by atoms with van der Waals surface area (Å²) in [6.45, 7) is 1.44. The topological polar surface area (TPSA) is 61.0 Å². The first-order chi connectivity index (χ1) is 6.72. The summed E-state index contributed by atoms with van der Waals surface area (Å²) in [5.74, 6) is 0. The zero-order valence-corrected chi connectivity index (χ0v) is 9.90. The molecule has 0 spiro atoms. The number of halogens is 1. The molecule has 1 saturated heterocycles. The smallest absolute Gasteiger partial charge is 0.115 e. The van der Waals surface area contributed by atoms with E-state index in [1.165, 1.54) is 0 Å². The highest BCUT2D eigenvalue weighted by molar-refractivity contribution is 14.1. The van der Waals surface area contributed by atoms with Gasteiger partial charge in [0.15, 0.2) is 0 Å². The first-order valence-electron chi connectivity index (χ1n) is 4.55. The molecule has 0 aromatic carbocycles. The van der Waals surface area contributed by atoms with Crippen molar-refractivity contribution < 1.29 is 4.74 Å². The molecule has 0 bridgehead atoms. The summed E-state index contributed by atoms with van der Waals surface area (Å²) in [4.78, 5) is 8.24. The summed E-state index contributed by atoms with van der Waals surface area (Å²) < 4.78 is 6.34. The quantitative estimate of drug-likeness (QED) is 0.788. The molecule has 1 aliphatic heterocycles. The summed E-state index contributed by atoms with van der Waals surface area (Å²) >= 11 is 2.23. The monoisotopic (exact) mass is 305 g/mol. The van der Waals surface area contributed by atoms with Crippen molar-refractivity contribution >= 4 is 22.6 Å². The van der Waals surface area contributed by atoms with E-state index in [2.05, 4.69) is 32.6 Å². The molecule has 0 saturated carbocycles. The Bertz CT molecular complexity index is 326. The molecule has 0 radical (unpaired) electrons. The molecule has 2 rings (SSSR count). The number of hydrogen-bond donors (Lipinski definition) is 1. The lowest BCUT2D eigenvalue weighted by atomic mass is 9.88. The molecule has 4 nitrogen and oxygen atoms in total. The average molecular weight is 305 g/mol. The molecule has 1 aromatic rings. The lowest BCUT2D eigenvalue weighted by molar-refractivity contribution is 0.0504.